The van der Waals surface area contributed by atoms with E-state index in [1.54, 1.807) is 12.1 Å². The zero-order chi connectivity index (χ0) is 17.8. The van der Waals surface area contributed by atoms with Gasteiger partial charge in [-0.1, -0.05) is 35.9 Å². The van der Waals surface area contributed by atoms with E-state index in [4.69, 9.17) is 11.6 Å². The summed E-state index contributed by atoms with van der Waals surface area (Å²) in [6, 6.07) is 14.0. The van der Waals surface area contributed by atoms with Gasteiger partial charge in [-0.15, -0.1) is 16.4 Å². The molecule has 3 nitrogen and oxygen atoms in total. The lowest BCUT2D eigenvalue weighted by molar-refractivity contribution is 0.628. The average Bonchev–Trinajstić information content (AvgIpc) is 3.04. The van der Waals surface area contributed by atoms with Gasteiger partial charge in [-0.3, -0.25) is 0 Å². The van der Waals surface area contributed by atoms with E-state index >= 15 is 0 Å². The Bertz CT molecular complexity index is 954. The summed E-state index contributed by atoms with van der Waals surface area (Å²) in [5.74, 6) is -0.261. The summed E-state index contributed by atoms with van der Waals surface area (Å²) < 4.78 is 15.1. The van der Waals surface area contributed by atoms with Gasteiger partial charge in [-0.05, 0) is 49.2 Å². The van der Waals surface area contributed by atoms with Gasteiger partial charge < -0.3 is 4.57 Å². The number of hydrogen-bond donors (Lipinski definition) is 0. The van der Waals surface area contributed by atoms with E-state index in [9.17, 15) is 4.39 Å². The van der Waals surface area contributed by atoms with Gasteiger partial charge in [0.2, 0.25) is 4.80 Å². The second-order valence-corrected chi connectivity index (χ2v) is 6.72. The lowest BCUT2D eigenvalue weighted by Gasteiger charge is -2.05. The summed E-state index contributed by atoms with van der Waals surface area (Å²) in [4.78, 5) is 0.814. The van der Waals surface area contributed by atoms with Crippen molar-refractivity contribution in [1.29, 1.82) is 0 Å². The Morgan fingerprint density at radius 1 is 1.12 bits per heavy atom. The fourth-order valence-corrected chi connectivity index (χ4v) is 3.48. The third-order valence-electron chi connectivity index (χ3n) is 3.80. The third kappa shape index (κ3) is 4.06. The Morgan fingerprint density at radius 3 is 2.44 bits per heavy atom. The minimum atomic E-state index is -0.261. The molecular formula is C19H17ClFN3S. The first-order chi connectivity index (χ1) is 12.1. The Morgan fingerprint density at radius 2 is 1.80 bits per heavy atom. The normalized spacial score (nSPS) is 12.6. The minimum absolute atomic E-state index is 0.261. The highest BCUT2D eigenvalue weighted by atomic mass is 35.5. The first-order valence-corrected chi connectivity index (χ1v) is 9.12. The average molecular weight is 374 g/mol. The van der Waals surface area contributed by atoms with Crippen molar-refractivity contribution in [2.75, 3.05) is 0 Å². The van der Waals surface area contributed by atoms with Gasteiger partial charge >= 0.3 is 0 Å². The molecule has 0 aliphatic carbocycles. The van der Waals surface area contributed by atoms with E-state index in [1.807, 2.05) is 31.2 Å². The number of benzene rings is 2. The van der Waals surface area contributed by atoms with Gasteiger partial charge in [-0.25, -0.2) is 4.39 Å². The maximum Gasteiger partial charge on any atom is 0.211 e. The number of thiazole rings is 1. The molecule has 128 valence electrons. The Balaban J connectivity index is 1.97. The zero-order valence-electron chi connectivity index (χ0n) is 13.9. The molecule has 0 fully saturated rings. The minimum Gasteiger partial charge on any atom is -0.315 e. The largest absolute Gasteiger partial charge is 0.315 e. The van der Waals surface area contributed by atoms with Crippen LogP contribution in [-0.2, 0) is 6.54 Å². The number of aromatic nitrogens is 1. The van der Waals surface area contributed by atoms with E-state index in [0.29, 0.717) is 5.02 Å². The number of hydrogen-bond acceptors (Lipinski definition) is 3. The van der Waals surface area contributed by atoms with E-state index in [1.165, 1.54) is 23.5 Å². The molecule has 0 amide bonds. The van der Waals surface area contributed by atoms with E-state index in [-0.39, 0.29) is 5.82 Å². The van der Waals surface area contributed by atoms with Crippen LogP contribution in [0.2, 0.25) is 5.02 Å². The lowest BCUT2D eigenvalue weighted by atomic mass is 10.1. The van der Waals surface area contributed by atoms with Gasteiger partial charge in [0, 0.05) is 16.9 Å². The molecule has 0 bridgehead atoms. The van der Waals surface area contributed by atoms with Crippen LogP contribution in [0.5, 0.6) is 0 Å². The molecule has 0 aliphatic rings. The predicted molar refractivity (Wildman–Crippen MR) is 103 cm³/mol. The number of halogens is 2. The van der Waals surface area contributed by atoms with Crippen LogP contribution in [0, 0.1) is 5.82 Å². The standard InChI is InChI=1S/C19H17ClFN3S/c1-3-24-18(15-4-8-16(20)9-5-15)12-25-19(24)23-22-13(2)14-6-10-17(21)11-7-14/h4-12H,3H2,1-2H3/b22-13-,23-19-. The highest BCUT2D eigenvalue weighted by Gasteiger charge is 2.06. The first kappa shape index (κ1) is 17.6. The summed E-state index contributed by atoms with van der Waals surface area (Å²) in [7, 11) is 0. The van der Waals surface area contributed by atoms with Crippen LogP contribution >= 0.6 is 22.9 Å². The van der Waals surface area contributed by atoms with Crippen molar-refractivity contribution in [3.05, 3.63) is 75.1 Å². The topological polar surface area (TPSA) is 29.6 Å². The molecular weight excluding hydrogens is 357 g/mol. The number of rotatable bonds is 4. The second-order valence-electron chi connectivity index (χ2n) is 5.45. The molecule has 0 aliphatic heterocycles. The monoisotopic (exact) mass is 373 g/mol. The van der Waals surface area contributed by atoms with Crippen molar-refractivity contribution in [2.45, 2.75) is 20.4 Å². The fraction of sp³-hybridized carbons (Fsp3) is 0.158. The molecule has 0 saturated carbocycles. The Labute approximate surface area is 154 Å². The molecule has 3 aromatic rings. The van der Waals surface area contributed by atoms with Gasteiger partial charge in [-0.2, -0.15) is 5.10 Å². The molecule has 0 radical (unpaired) electrons. The predicted octanol–water partition coefficient (Wildman–Crippen LogP) is 5.35. The van der Waals surface area contributed by atoms with E-state index < -0.39 is 0 Å². The van der Waals surface area contributed by atoms with E-state index in [2.05, 4.69) is 27.1 Å². The molecule has 1 heterocycles. The van der Waals surface area contributed by atoms with Crippen LogP contribution in [0.25, 0.3) is 11.3 Å². The highest BCUT2D eigenvalue weighted by molar-refractivity contribution is 7.07. The molecule has 3 rings (SSSR count). The Kier molecular flexibility index (Phi) is 5.46. The highest BCUT2D eigenvalue weighted by Crippen LogP contribution is 2.22. The van der Waals surface area contributed by atoms with Crippen LogP contribution in [0.3, 0.4) is 0 Å². The molecule has 6 heteroatoms. The van der Waals surface area contributed by atoms with Crippen LogP contribution in [0.15, 0.2) is 64.1 Å². The maximum atomic E-state index is 13.0. The van der Waals surface area contributed by atoms with E-state index in [0.717, 1.165) is 33.9 Å². The summed E-state index contributed by atoms with van der Waals surface area (Å²) in [6.45, 7) is 4.72. The molecule has 0 unspecified atom stereocenters. The second kappa shape index (κ2) is 7.76. The van der Waals surface area contributed by atoms with Crippen LogP contribution in [0.4, 0.5) is 4.39 Å². The van der Waals surface area contributed by atoms with Crippen molar-refractivity contribution >= 4 is 28.6 Å². The molecule has 25 heavy (non-hydrogen) atoms. The van der Waals surface area contributed by atoms with Crippen molar-refractivity contribution in [2.24, 2.45) is 10.2 Å². The lowest BCUT2D eigenvalue weighted by Crippen LogP contribution is -2.14. The van der Waals surface area contributed by atoms with Crippen molar-refractivity contribution in [3.63, 3.8) is 0 Å². The molecule has 1 aromatic heterocycles. The van der Waals surface area contributed by atoms with Crippen LogP contribution in [0.1, 0.15) is 19.4 Å². The summed E-state index contributed by atoms with van der Waals surface area (Å²) in [5, 5.41) is 11.5. The van der Waals surface area contributed by atoms with Crippen LogP contribution < -0.4 is 4.80 Å². The molecule has 2 aromatic carbocycles. The summed E-state index contributed by atoms with van der Waals surface area (Å²) in [5.41, 5.74) is 3.76. The quantitative estimate of drug-likeness (QED) is 0.435. The van der Waals surface area contributed by atoms with Crippen molar-refractivity contribution in [1.82, 2.24) is 4.57 Å². The van der Waals surface area contributed by atoms with Gasteiger partial charge in [0.05, 0.1) is 11.4 Å². The van der Waals surface area contributed by atoms with Gasteiger partial charge in [0.15, 0.2) is 0 Å². The molecule has 0 atom stereocenters. The third-order valence-corrected chi connectivity index (χ3v) is 4.91. The SMILES string of the molecule is CCn1c(-c2ccc(Cl)cc2)cs/c1=N\N=C(\C)c1ccc(F)cc1. The molecule has 0 spiro atoms. The van der Waals surface area contributed by atoms with Gasteiger partial charge in [0.1, 0.15) is 5.82 Å². The Hall–Kier alpha value is -2.24. The first-order valence-electron chi connectivity index (χ1n) is 7.87. The maximum absolute atomic E-state index is 13.0. The molecule has 0 N–H and O–H groups in total. The smallest absolute Gasteiger partial charge is 0.211 e. The fourth-order valence-electron chi connectivity index (χ4n) is 2.43. The van der Waals surface area contributed by atoms with Gasteiger partial charge in [0.25, 0.3) is 0 Å². The van der Waals surface area contributed by atoms with Crippen LogP contribution in [-0.4, -0.2) is 10.3 Å². The molecule has 0 saturated heterocycles. The zero-order valence-corrected chi connectivity index (χ0v) is 15.5. The van der Waals surface area contributed by atoms with Crippen molar-refractivity contribution in [3.8, 4) is 11.3 Å². The number of nitrogens with zero attached hydrogens (tertiary/aromatic N) is 3. The summed E-state index contributed by atoms with van der Waals surface area (Å²) >= 11 is 7.50. The van der Waals surface area contributed by atoms with Crippen molar-refractivity contribution < 1.29 is 4.39 Å². The summed E-state index contributed by atoms with van der Waals surface area (Å²) in [6.07, 6.45) is 0.